The normalized spacial score (nSPS) is 26.9. The minimum absolute atomic E-state index is 0.0565. The summed E-state index contributed by atoms with van der Waals surface area (Å²) >= 11 is 0. The maximum absolute atomic E-state index is 12.3. The van der Waals surface area contributed by atoms with Crippen LogP contribution >= 0.6 is 0 Å². The van der Waals surface area contributed by atoms with Crippen LogP contribution in [0.5, 0.6) is 0 Å². The van der Waals surface area contributed by atoms with Crippen molar-refractivity contribution >= 4 is 17.8 Å². The van der Waals surface area contributed by atoms with Gasteiger partial charge in [0.1, 0.15) is 6.04 Å². The number of rotatable bonds is 3. The van der Waals surface area contributed by atoms with Crippen molar-refractivity contribution in [2.45, 2.75) is 25.8 Å². The first-order valence-electron chi connectivity index (χ1n) is 7.07. The van der Waals surface area contributed by atoms with E-state index >= 15 is 0 Å². The average Bonchev–Trinajstić information content (AvgIpc) is 2.48. The fourth-order valence-corrected chi connectivity index (χ4v) is 2.59. The Labute approximate surface area is 118 Å². The molecule has 112 valence electrons. The molecule has 2 aliphatic heterocycles. The van der Waals surface area contributed by atoms with Gasteiger partial charge in [-0.3, -0.25) is 19.7 Å². The molecule has 0 spiro atoms. The fraction of sp³-hybridized carbons (Fsp3) is 0.769. The molecule has 0 bridgehead atoms. The molecule has 2 fully saturated rings. The van der Waals surface area contributed by atoms with E-state index in [1.807, 2.05) is 0 Å². The molecule has 0 aromatic heterocycles. The molecule has 7 heteroatoms. The van der Waals surface area contributed by atoms with E-state index in [-0.39, 0.29) is 30.2 Å². The van der Waals surface area contributed by atoms with Crippen molar-refractivity contribution in [1.29, 1.82) is 0 Å². The van der Waals surface area contributed by atoms with Gasteiger partial charge in [0.15, 0.2) is 0 Å². The number of nitrogens with one attached hydrogen (secondary N) is 2. The molecular weight excluding hydrogens is 262 g/mol. The highest BCUT2D eigenvalue weighted by Gasteiger charge is 2.33. The molecule has 0 aliphatic carbocycles. The summed E-state index contributed by atoms with van der Waals surface area (Å²) in [5, 5.41) is 5.58. The summed E-state index contributed by atoms with van der Waals surface area (Å²) in [6, 6.07) is -0.395. The largest absolute Gasteiger partial charge is 0.466 e. The molecule has 2 rings (SSSR count). The molecule has 2 N–H and O–H groups in total. The predicted octanol–water partition coefficient (Wildman–Crippen LogP) is -1.12. The van der Waals surface area contributed by atoms with Gasteiger partial charge in [0, 0.05) is 19.6 Å². The number of likely N-dealkylation sites (tertiary alicyclic amines) is 1. The Balaban J connectivity index is 1.89. The van der Waals surface area contributed by atoms with Crippen molar-refractivity contribution in [3.63, 3.8) is 0 Å². The SMILES string of the molecule is CCOC(=O)C1CCCN(C(=O)C2CNC(=O)CN2)C1. The van der Waals surface area contributed by atoms with Gasteiger partial charge >= 0.3 is 5.97 Å². The number of amides is 2. The lowest BCUT2D eigenvalue weighted by Crippen LogP contribution is -2.59. The van der Waals surface area contributed by atoms with Gasteiger partial charge in [0.25, 0.3) is 0 Å². The third-order valence-electron chi connectivity index (χ3n) is 3.66. The number of ether oxygens (including phenoxy) is 1. The zero-order valence-electron chi connectivity index (χ0n) is 11.7. The summed E-state index contributed by atoms with van der Waals surface area (Å²) in [5.74, 6) is -0.614. The van der Waals surface area contributed by atoms with Gasteiger partial charge in [-0.25, -0.2) is 0 Å². The number of carbonyl (C=O) groups is 3. The van der Waals surface area contributed by atoms with E-state index in [9.17, 15) is 14.4 Å². The third-order valence-corrected chi connectivity index (χ3v) is 3.66. The van der Waals surface area contributed by atoms with Crippen molar-refractivity contribution in [1.82, 2.24) is 15.5 Å². The maximum Gasteiger partial charge on any atom is 0.310 e. The topological polar surface area (TPSA) is 87.7 Å². The van der Waals surface area contributed by atoms with Crippen LogP contribution in [0.25, 0.3) is 0 Å². The van der Waals surface area contributed by atoms with Crippen LogP contribution in [0.1, 0.15) is 19.8 Å². The molecule has 2 unspecified atom stereocenters. The van der Waals surface area contributed by atoms with Crippen LogP contribution in [0.3, 0.4) is 0 Å². The van der Waals surface area contributed by atoms with E-state index < -0.39 is 6.04 Å². The van der Waals surface area contributed by atoms with Crippen LogP contribution in [-0.2, 0) is 19.1 Å². The van der Waals surface area contributed by atoms with E-state index in [0.29, 0.717) is 26.2 Å². The van der Waals surface area contributed by atoms with E-state index in [1.54, 1.807) is 11.8 Å². The standard InChI is InChI=1S/C13H21N3O4/c1-2-20-13(19)9-4-3-5-16(8-9)12(18)10-6-15-11(17)7-14-10/h9-10,14H,2-8H2,1H3,(H,15,17). The molecule has 20 heavy (non-hydrogen) atoms. The van der Waals surface area contributed by atoms with Crippen molar-refractivity contribution < 1.29 is 19.1 Å². The van der Waals surface area contributed by atoms with Gasteiger partial charge in [-0.2, -0.15) is 0 Å². The van der Waals surface area contributed by atoms with Gasteiger partial charge in [-0.1, -0.05) is 0 Å². The van der Waals surface area contributed by atoms with Crippen molar-refractivity contribution in [3.8, 4) is 0 Å². The summed E-state index contributed by atoms with van der Waals surface area (Å²) in [4.78, 5) is 36.9. The second-order valence-corrected chi connectivity index (χ2v) is 5.11. The number of esters is 1. The minimum Gasteiger partial charge on any atom is -0.466 e. The zero-order valence-corrected chi connectivity index (χ0v) is 11.7. The van der Waals surface area contributed by atoms with Crippen LogP contribution in [0.4, 0.5) is 0 Å². The van der Waals surface area contributed by atoms with E-state index in [0.717, 1.165) is 12.8 Å². The monoisotopic (exact) mass is 283 g/mol. The van der Waals surface area contributed by atoms with Crippen molar-refractivity contribution in [3.05, 3.63) is 0 Å². The fourth-order valence-electron chi connectivity index (χ4n) is 2.59. The Bertz CT molecular complexity index is 389. The molecular formula is C13H21N3O4. The molecule has 0 saturated carbocycles. The lowest BCUT2D eigenvalue weighted by molar-refractivity contribution is -0.151. The Hall–Kier alpha value is -1.63. The van der Waals surface area contributed by atoms with Crippen LogP contribution in [0.2, 0.25) is 0 Å². The smallest absolute Gasteiger partial charge is 0.310 e. The molecule has 2 atom stereocenters. The van der Waals surface area contributed by atoms with Crippen LogP contribution in [0, 0.1) is 5.92 Å². The Morgan fingerprint density at radius 3 is 2.90 bits per heavy atom. The summed E-state index contributed by atoms with van der Waals surface area (Å²) in [7, 11) is 0. The van der Waals surface area contributed by atoms with Crippen LogP contribution in [0.15, 0.2) is 0 Å². The van der Waals surface area contributed by atoms with Crippen molar-refractivity contribution in [2.75, 3.05) is 32.8 Å². The third kappa shape index (κ3) is 3.47. The Morgan fingerprint density at radius 2 is 2.25 bits per heavy atom. The summed E-state index contributed by atoms with van der Waals surface area (Å²) in [5.41, 5.74) is 0. The van der Waals surface area contributed by atoms with Gasteiger partial charge in [0.05, 0.1) is 19.1 Å². The number of piperazine rings is 1. The van der Waals surface area contributed by atoms with E-state index in [4.69, 9.17) is 4.74 Å². The minimum atomic E-state index is -0.395. The summed E-state index contributed by atoms with van der Waals surface area (Å²) < 4.78 is 5.02. The number of nitrogens with zero attached hydrogens (tertiary/aromatic N) is 1. The molecule has 2 aliphatic rings. The van der Waals surface area contributed by atoms with Gasteiger partial charge in [0.2, 0.25) is 11.8 Å². The maximum atomic E-state index is 12.3. The predicted molar refractivity (Wildman–Crippen MR) is 70.7 cm³/mol. The molecule has 2 saturated heterocycles. The van der Waals surface area contributed by atoms with Crippen LogP contribution < -0.4 is 10.6 Å². The number of hydrogen-bond donors (Lipinski definition) is 2. The quantitative estimate of drug-likeness (QED) is 0.640. The van der Waals surface area contributed by atoms with Gasteiger partial charge < -0.3 is 15.0 Å². The first-order valence-corrected chi connectivity index (χ1v) is 7.07. The number of hydrogen-bond acceptors (Lipinski definition) is 5. The van der Waals surface area contributed by atoms with E-state index in [1.165, 1.54) is 0 Å². The summed E-state index contributed by atoms with van der Waals surface area (Å²) in [6.45, 7) is 3.66. The lowest BCUT2D eigenvalue weighted by Gasteiger charge is -2.35. The molecule has 2 amide bonds. The first-order chi connectivity index (χ1) is 9.61. The second-order valence-electron chi connectivity index (χ2n) is 5.11. The Morgan fingerprint density at radius 1 is 1.45 bits per heavy atom. The van der Waals surface area contributed by atoms with Gasteiger partial charge in [-0.15, -0.1) is 0 Å². The molecule has 0 aromatic carbocycles. The average molecular weight is 283 g/mol. The highest BCUT2D eigenvalue weighted by Crippen LogP contribution is 2.18. The highest BCUT2D eigenvalue weighted by molar-refractivity contribution is 5.87. The summed E-state index contributed by atoms with van der Waals surface area (Å²) in [6.07, 6.45) is 1.56. The van der Waals surface area contributed by atoms with Crippen molar-refractivity contribution in [2.24, 2.45) is 5.92 Å². The lowest BCUT2D eigenvalue weighted by atomic mass is 9.97. The zero-order chi connectivity index (χ0) is 14.5. The molecule has 0 radical (unpaired) electrons. The Kier molecular flexibility index (Phi) is 4.94. The molecule has 2 heterocycles. The van der Waals surface area contributed by atoms with E-state index in [2.05, 4.69) is 10.6 Å². The second kappa shape index (κ2) is 6.69. The van der Waals surface area contributed by atoms with Crippen LogP contribution in [-0.4, -0.2) is 61.5 Å². The molecule has 7 nitrogen and oxygen atoms in total. The number of piperidine rings is 1. The first kappa shape index (κ1) is 14.8. The highest BCUT2D eigenvalue weighted by atomic mass is 16.5. The van der Waals surface area contributed by atoms with Gasteiger partial charge in [-0.05, 0) is 19.8 Å². The molecule has 0 aromatic rings. The number of carbonyl (C=O) groups excluding carboxylic acids is 3.